The Labute approximate surface area is 103 Å². The van der Waals surface area contributed by atoms with E-state index in [1.165, 1.54) is 10.6 Å². The maximum atomic E-state index is 11.3. The van der Waals surface area contributed by atoms with Crippen molar-refractivity contribution in [3.63, 3.8) is 0 Å². The fourth-order valence-corrected chi connectivity index (χ4v) is 2.76. The van der Waals surface area contributed by atoms with Gasteiger partial charge in [0.2, 0.25) is 10.0 Å². The molecular formula is C10H22N4O2S. The highest BCUT2D eigenvalue weighted by Gasteiger charge is 2.22. The Morgan fingerprint density at radius 1 is 1.24 bits per heavy atom. The lowest BCUT2D eigenvalue weighted by molar-refractivity contribution is 0.186. The van der Waals surface area contributed by atoms with E-state index in [0.717, 1.165) is 32.5 Å². The van der Waals surface area contributed by atoms with Crippen LogP contribution in [0.25, 0.3) is 0 Å². The predicted molar refractivity (Wildman–Crippen MR) is 68.6 cm³/mol. The van der Waals surface area contributed by atoms with Gasteiger partial charge >= 0.3 is 0 Å². The van der Waals surface area contributed by atoms with Crippen LogP contribution in [0.15, 0.2) is 0 Å². The molecule has 1 saturated heterocycles. The van der Waals surface area contributed by atoms with Crippen LogP contribution in [0, 0.1) is 5.41 Å². The molecule has 100 valence electrons. The van der Waals surface area contributed by atoms with Gasteiger partial charge in [-0.25, -0.2) is 8.42 Å². The van der Waals surface area contributed by atoms with Crippen LogP contribution in [0.4, 0.5) is 0 Å². The Kier molecular flexibility index (Phi) is 5.35. The summed E-state index contributed by atoms with van der Waals surface area (Å²) in [6.45, 7) is 3.74. The van der Waals surface area contributed by atoms with Crippen LogP contribution >= 0.6 is 0 Å². The van der Waals surface area contributed by atoms with Crippen LogP contribution in [0.2, 0.25) is 0 Å². The highest BCUT2D eigenvalue weighted by Crippen LogP contribution is 2.07. The third-order valence-corrected chi connectivity index (χ3v) is 4.27. The number of hydrogen-bond acceptors (Lipinski definition) is 4. The Bertz CT molecular complexity index is 347. The normalized spacial score (nSPS) is 19.4. The van der Waals surface area contributed by atoms with Crippen molar-refractivity contribution in [2.24, 2.45) is 5.73 Å². The summed E-state index contributed by atoms with van der Waals surface area (Å²) in [4.78, 5) is 2.27. The number of piperazine rings is 1. The molecule has 0 bridgehead atoms. The summed E-state index contributed by atoms with van der Waals surface area (Å²) in [6.07, 6.45) is 3.86. The van der Waals surface area contributed by atoms with Gasteiger partial charge in [0.25, 0.3) is 0 Å². The molecule has 0 aliphatic carbocycles. The zero-order valence-electron chi connectivity index (χ0n) is 10.4. The second-order valence-corrected chi connectivity index (χ2v) is 6.47. The number of sulfonamides is 1. The molecule has 0 atom stereocenters. The number of nitrogens with two attached hydrogens (primary N) is 1. The number of nitrogens with one attached hydrogen (secondary N) is 1. The average Bonchev–Trinajstić information content (AvgIpc) is 2.23. The van der Waals surface area contributed by atoms with Gasteiger partial charge in [-0.2, -0.15) is 4.31 Å². The summed E-state index contributed by atoms with van der Waals surface area (Å²) in [6, 6.07) is 0. The number of unbranched alkanes of at least 4 members (excludes halogenated alkanes) is 1. The third-order valence-electron chi connectivity index (χ3n) is 2.97. The van der Waals surface area contributed by atoms with E-state index in [4.69, 9.17) is 11.1 Å². The van der Waals surface area contributed by atoms with Crippen molar-refractivity contribution in [1.29, 1.82) is 5.41 Å². The van der Waals surface area contributed by atoms with Crippen LogP contribution in [0.1, 0.15) is 19.3 Å². The van der Waals surface area contributed by atoms with Crippen LogP contribution < -0.4 is 5.73 Å². The van der Waals surface area contributed by atoms with Crippen LogP contribution in [-0.4, -0.2) is 62.4 Å². The first-order valence-corrected chi connectivity index (χ1v) is 7.75. The molecule has 0 spiro atoms. The van der Waals surface area contributed by atoms with E-state index in [-0.39, 0.29) is 5.84 Å². The SMILES string of the molecule is CS(=O)(=O)N1CCN(CCCCC(=N)N)CC1. The Hall–Kier alpha value is -0.660. The van der Waals surface area contributed by atoms with Gasteiger partial charge < -0.3 is 10.6 Å². The zero-order chi connectivity index (χ0) is 12.9. The maximum Gasteiger partial charge on any atom is 0.211 e. The van der Waals surface area contributed by atoms with E-state index in [1.807, 2.05) is 0 Å². The maximum absolute atomic E-state index is 11.3. The van der Waals surface area contributed by atoms with Gasteiger partial charge in [0.1, 0.15) is 0 Å². The van der Waals surface area contributed by atoms with Gasteiger partial charge in [-0.1, -0.05) is 0 Å². The Balaban J connectivity index is 2.17. The first-order chi connectivity index (χ1) is 7.89. The summed E-state index contributed by atoms with van der Waals surface area (Å²) >= 11 is 0. The molecule has 0 amide bonds. The number of amidine groups is 1. The van der Waals surface area contributed by atoms with E-state index in [9.17, 15) is 8.42 Å². The van der Waals surface area contributed by atoms with Gasteiger partial charge in [-0.05, 0) is 19.4 Å². The molecule has 17 heavy (non-hydrogen) atoms. The lowest BCUT2D eigenvalue weighted by atomic mass is 10.2. The lowest BCUT2D eigenvalue weighted by Crippen LogP contribution is -2.48. The Morgan fingerprint density at radius 2 is 1.82 bits per heavy atom. The molecule has 1 aliphatic heterocycles. The minimum atomic E-state index is -3.02. The minimum Gasteiger partial charge on any atom is -0.388 e. The van der Waals surface area contributed by atoms with Crippen molar-refractivity contribution in [3.05, 3.63) is 0 Å². The predicted octanol–water partition coefficient (Wildman–Crippen LogP) is -0.330. The monoisotopic (exact) mass is 262 g/mol. The Morgan fingerprint density at radius 3 is 2.29 bits per heavy atom. The van der Waals surface area contributed by atoms with E-state index >= 15 is 0 Å². The fourth-order valence-electron chi connectivity index (χ4n) is 1.94. The van der Waals surface area contributed by atoms with E-state index < -0.39 is 10.0 Å². The second-order valence-electron chi connectivity index (χ2n) is 4.49. The second kappa shape index (κ2) is 6.32. The molecule has 0 radical (unpaired) electrons. The molecule has 0 aromatic carbocycles. The lowest BCUT2D eigenvalue weighted by Gasteiger charge is -2.33. The molecule has 1 rings (SSSR count). The topological polar surface area (TPSA) is 90.5 Å². The number of nitrogens with zero attached hydrogens (tertiary/aromatic N) is 2. The summed E-state index contributed by atoms with van der Waals surface area (Å²) in [5.74, 6) is 0.242. The van der Waals surface area contributed by atoms with Crippen molar-refractivity contribution in [1.82, 2.24) is 9.21 Å². The average molecular weight is 262 g/mol. The molecule has 0 unspecified atom stereocenters. The minimum absolute atomic E-state index is 0.242. The number of hydrogen-bond donors (Lipinski definition) is 2. The largest absolute Gasteiger partial charge is 0.388 e. The first-order valence-electron chi connectivity index (χ1n) is 5.90. The molecule has 1 heterocycles. The van der Waals surface area contributed by atoms with Crippen LogP contribution in [-0.2, 0) is 10.0 Å². The number of rotatable bonds is 6. The molecule has 0 aromatic heterocycles. The molecule has 1 fully saturated rings. The van der Waals surface area contributed by atoms with Crippen molar-refractivity contribution in [2.45, 2.75) is 19.3 Å². The molecule has 7 heteroatoms. The van der Waals surface area contributed by atoms with Crippen molar-refractivity contribution in [3.8, 4) is 0 Å². The van der Waals surface area contributed by atoms with Gasteiger partial charge in [-0.3, -0.25) is 5.41 Å². The fraction of sp³-hybridized carbons (Fsp3) is 0.900. The molecule has 6 nitrogen and oxygen atoms in total. The van der Waals surface area contributed by atoms with Crippen LogP contribution in [0.3, 0.4) is 0 Å². The summed E-state index contributed by atoms with van der Waals surface area (Å²) < 4.78 is 24.1. The molecular weight excluding hydrogens is 240 g/mol. The van der Waals surface area contributed by atoms with Gasteiger partial charge in [0, 0.05) is 32.6 Å². The van der Waals surface area contributed by atoms with Crippen molar-refractivity contribution >= 4 is 15.9 Å². The quantitative estimate of drug-likeness (QED) is 0.389. The van der Waals surface area contributed by atoms with Crippen molar-refractivity contribution in [2.75, 3.05) is 39.0 Å². The van der Waals surface area contributed by atoms with Gasteiger partial charge in [0.05, 0.1) is 12.1 Å². The standard InChI is InChI=1S/C10H22N4O2S/c1-17(15,16)14-8-6-13(7-9-14)5-3-2-4-10(11)12/h2-9H2,1H3,(H3,11,12). The van der Waals surface area contributed by atoms with E-state index in [0.29, 0.717) is 19.5 Å². The molecule has 0 aromatic rings. The highest BCUT2D eigenvalue weighted by molar-refractivity contribution is 7.88. The molecule has 0 saturated carbocycles. The van der Waals surface area contributed by atoms with Crippen LogP contribution in [0.5, 0.6) is 0 Å². The zero-order valence-corrected chi connectivity index (χ0v) is 11.2. The van der Waals surface area contributed by atoms with Gasteiger partial charge in [0.15, 0.2) is 0 Å². The van der Waals surface area contributed by atoms with Gasteiger partial charge in [-0.15, -0.1) is 0 Å². The van der Waals surface area contributed by atoms with Crippen molar-refractivity contribution < 1.29 is 8.42 Å². The van der Waals surface area contributed by atoms with E-state index in [1.54, 1.807) is 0 Å². The molecule has 3 N–H and O–H groups in total. The van der Waals surface area contributed by atoms with E-state index in [2.05, 4.69) is 4.90 Å². The molecule has 1 aliphatic rings. The third kappa shape index (κ3) is 5.47. The summed E-state index contributed by atoms with van der Waals surface area (Å²) in [5, 5.41) is 7.10. The first kappa shape index (κ1) is 14.4. The summed E-state index contributed by atoms with van der Waals surface area (Å²) in [7, 11) is -3.02. The highest BCUT2D eigenvalue weighted by atomic mass is 32.2. The summed E-state index contributed by atoms with van der Waals surface area (Å²) in [5.41, 5.74) is 5.27. The smallest absolute Gasteiger partial charge is 0.211 e.